The highest BCUT2D eigenvalue weighted by molar-refractivity contribution is 7.10. The summed E-state index contributed by atoms with van der Waals surface area (Å²) in [6.07, 6.45) is -9.88. The van der Waals surface area contributed by atoms with Crippen molar-refractivity contribution in [3.8, 4) is 5.75 Å². The Morgan fingerprint density at radius 3 is 2.44 bits per heavy atom. The third-order valence-electron chi connectivity index (χ3n) is 5.15. The van der Waals surface area contributed by atoms with Crippen molar-refractivity contribution in [2.75, 3.05) is 17.3 Å². The number of aromatic nitrogens is 2. The summed E-state index contributed by atoms with van der Waals surface area (Å²) in [5.74, 6) is -1.48. The second kappa shape index (κ2) is 8.69. The van der Waals surface area contributed by atoms with Crippen LogP contribution >= 0.6 is 22.9 Å². The van der Waals surface area contributed by atoms with Crippen molar-refractivity contribution in [1.29, 1.82) is 0 Å². The van der Waals surface area contributed by atoms with Crippen molar-refractivity contribution in [2.24, 2.45) is 0 Å². The minimum atomic E-state index is -4.88. The Bertz CT molecular complexity index is 1180. The summed E-state index contributed by atoms with van der Waals surface area (Å²) in [5.41, 5.74) is -0.276. The largest absolute Gasteiger partial charge is 0.573 e. The molecule has 3 heterocycles. The van der Waals surface area contributed by atoms with Crippen LogP contribution in [0, 0.1) is 0 Å². The highest BCUT2D eigenvalue weighted by Gasteiger charge is 2.48. The van der Waals surface area contributed by atoms with E-state index in [0.717, 1.165) is 17.0 Å². The molecule has 2 aromatic heterocycles. The van der Waals surface area contributed by atoms with Crippen LogP contribution in [0.2, 0.25) is 5.02 Å². The summed E-state index contributed by atoms with van der Waals surface area (Å²) in [6.45, 7) is 0. The lowest BCUT2D eigenvalue weighted by Gasteiger charge is -2.32. The molecule has 0 radical (unpaired) electrons. The maximum absolute atomic E-state index is 13.8. The predicted octanol–water partition coefficient (Wildman–Crippen LogP) is 6.43. The Balaban J connectivity index is 1.64. The second-order valence-electron chi connectivity index (χ2n) is 7.37. The van der Waals surface area contributed by atoms with E-state index in [2.05, 4.69) is 15.2 Å². The number of hydrogen-bond acceptors (Lipinski definition) is 5. The van der Waals surface area contributed by atoms with E-state index < -0.39 is 42.0 Å². The number of ether oxygens (including phenoxy) is 1. The molecule has 14 heteroatoms. The molecule has 0 unspecified atom stereocenters. The van der Waals surface area contributed by atoms with Crippen LogP contribution in [0.1, 0.15) is 33.9 Å². The van der Waals surface area contributed by atoms with Gasteiger partial charge in [0.15, 0.2) is 11.7 Å². The normalized spacial score (nSPS) is 18.2. The Kier molecular flexibility index (Phi) is 6.19. The maximum atomic E-state index is 13.8. The molecule has 1 aliphatic heterocycles. The molecule has 182 valence electrons. The third kappa shape index (κ3) is 4.80. The molecule has 0 saturated carbocycles. The first-order valence-corrected chi connectivity index (χ1v) is 10.9. The van der Waals surface area contributed by atoms with Gasteiger partial charge in [0, 0.05) is 24.0 Å². The third-order valence-corrected chi connectivity index (χ3v) is 6.49. The number of rotatable bonds is 4. The molecule has 2 atom stereocenters. The number of carbonyl (C=O) groups is 1. The number of halogens is 7. The van der Waals surface area contributed by atoms with E-state index in [0.29, 0.717) is 9.56 Å². The van der Waals surface area contributed by atoms with Gasteiger partial charge >= 0.3 is 12.5 Å². The van der Waals surface area contributed by atoms with E-state index >= 15 is 0 Å². The number of benzene rings is 1. The Hall–Kier alpha value is -2.93. The molecule has 34 heavy (non-hydrogen) atoms. The van der Waals surface area contributed by atoms with Crippen LogP contribution in [-0.2, 0) is 0 Å². The van der Waals surface area contributed by atoms with Gasteiger partial charge in [0.1, 0.15) is 16.6 Å². The van der Waals surface area contributed by atoms with Crippen LogP contribution in [-0.4, -0.2) is 35.3 Å². The second-order valence-corrected chi connectivity index (χ2v) is 8.72. The molecule has 0 spiro atoms. The molecule has 0 fully saturated rings. The minimum absolute atomic E-state index is 0.140. The van der Waals surface area contributed by atoms with E-state index in [9.17, 15) is 31.1 Å². The minimum Gasteiger partial charge on any atom is -0.406 e. The van der Waals surface area contributed by atoms with Crippen molar-refractivity contribution < 1.29 is 35.9 Å². The smallest absolute Gasteiger partial charge is 0.406 e. The van der Waals surface area contributed by atoms with Crippen molar-refractivity contribution >= 4 is 40.4 Å². The Morgan fingerprint density at radius 1 is 1.21 bits per heavy atom. The molecular weight excluding hydrogens is 510 g/mol. The molecule has 1 aliphatic rings. The van der Waals surface area contributed by atoms with Crippen LogP contribution in [0.5, 0.6) is 5.75 Å². The van der Waals surface area contributed by atoms with Crippen molar-refractivity contribution in [1.82, 2.24) is 9.78 Å². The lowest BCUT2D eigenvalue weighted by atomic mass is 10.0. The quantitative estimate of drug-likeness (QED) is 0.399. The molecule has 0 bridgehead atoms. The van der Waals surface area contributed by atoms with Gasteiger partial charge in [-0.25, -0.2) is 4.68 Å². The van der Waals surface area contributed by atoms with E-state index in [4.69, 9.17) is 11.6 Å². The van der Waals surface area contributed by atoms with Crippen LogP contribution in [0.15, 0.2) is 41.8 Å². The number of nitrogens with one attached hydrogen (secondary N) is 1. The fraction of sp³-hybridized carbons (Fsp3) is 0.300. The zero-order chi connectivity index (χ0) is 24.8. The van der Waals surface area contributed by atoms with Gasteiger partial charge in [-0.1, -0.05) is 17.7 Å². The highest BCUT2D eigenvalue weighted by Crippen LogP contribution is 2.47. The number of thiophene rings is 1. The molecule has 1 amide bonds. The van der Waals surface area contributed by atoms with Crippen molar-refractivity contribution in [2.45, 2.75) is 31.0 Å². The van der Waals surface area contributed by atoms with Gasteiger partial charge in [-0.05, 0) is 35.7 Å². The van der Waals surface area contributed by atoms with E-state index in [1.165, 1.54) is 30.5 Å². The summed E-state index contributed by atoms with van der Waals surface area (Å²) in [5, 5.41) is 8.26. The van der Waals surface area contributed by atoms with Gasteiger partial charge in [-0.2, -0.15) is 18.3 Å². The molecule has 1 aromatic carbocycles. The first kappa shape index (κ1) is 24.2. The van der Waals surface area contributed by atoms with E-state index in [-0.39, 0.29) is 22.9 Å². The molecule has 0 saturated heterocycles. The SMILES string of the molecule is CN(C(=O)c1nn2c(c1Cl)N[C@@H](c1cccs1)C[C@H]2C(F)(F)F)c1ccc(OC(F)(F)F)cc1. The molecule has 6 nitrogen and oxygen atoms in total. The summed E-state index contributed by atoms with van der Waals surface area (Å²) in [6, 6.07) is 5.08. The van der Waals surface area contributed by atoms with Gasteiger partial charge < -0.3 is 15.0 Å². The van der Waals surface area contributed by atoms with Gasteiger partial charge in [0.25, 0.3) is 5.91 Å². The van der Waals surface area contributed by atoms with Gasteiger partial charge in [0.2, 0.25) is 0 Å². The zero-order valence-corrected chi connectivity index (χ0v) is 18.7. The fourth-order valence-electron chi connectivity index (χ4n) is 3.55. The average molecular weight is 525 g/mol. The van der Waals surface area contributed by atoms with Crippen LogP contribution < -0.4 is 15.0 Å². The number of nitrogens with zero attached hydrogens (tertiary/aromatic N) is 3. The molecule has 1 N–H and O–H groups in total. The average Bonchev–Trinajstić information content (AvgIpc) is 3.39. The van der Waals surface area contributed by atoms with E-state index in [1.54, 1.807) is 17.5 Å². The maximum Gasteiger partial charge on any atom is 0.573 e. The lowest BCUT2D eigenvalue weighted by molar-refractivity contribution is -0.274. The van der Waals surface area contributed by atoms with E-state index in [1.807, 2.05) is 0 Å². The number of anilines is 2. The van der Waals surface area contributed by atoms with Crippen LogP contribution in [0.3, 0.4) is 0 Å². The summed E-state index contributed by atoms with van der Waals surface area (Å²) in [4.78, 5) is 14.7. The molecule has 4 rings (SSSR count). The van der Waals surface area contributed by atoms with Gasteiger partial charge in [0.05, 0.1) is 6.04 Å². The van der Waals surface area contributed by atoms with Gasteiger partial charge in [-0.3, -0.25) is 4.79 Å². The van der Waals surface area contributed by atoms with Crippen LogP contribution in [0.4, 0.5) is 37.8 Å². The number of carbonyl (C=O) groups excluding carboxylic acids is 1. The number of fused-ring (bicyclic) bond motifs is 1. The lowest BCUT2D eigenvalue weighted by Crippen LogP contribution is -2.35. The van der Waals surface area contributed by atoms with Gasteiger partial charge in [-0.15, -0.1) is 24.5 Å². The Labute approximate surface area is 197 Å². The molecule has 3 aromatic rings. The first-order chi connectivity index (χ1) is 15.8. The first-order valence-electron chi connectivity index (χ1n) is 9.63. The predicted molar refractivity (Wildman–Crippen MR) is 113 cm³/mol. The summed E-state index contributed by atoms with van der Waals surface area (Å²) in [7, 11) is 1.29. The standard InChI is InChI=1S/C20H15ClF6N4O2S/c1-30(10-4-6-11(7-5-10)33-20(25,26)27)18(32)16-15(21)17-28-12(13-3-2-8-34-13)9-14(19(22,23)24)31(17)29-16/h2-8,12,14,28H,9H2,1H3/t12-,14+/m1/s1. The van der Waals surface area contributed by atoms with Crippen LogP contribution in [0.25, 0.3) is 0 Å². The number of amides is 1. The number of alkyl halides is 6. The zero-order valence-electron chi connectivity index (χ0n) is 17.1. The monoisotopic (exact) mass is 524 g/mol. The van der Waals surface area contributed by atoms with Crippen molar-refractivity contribution in [3.05, 3.63) is 57.4 Å². The van der Waals surface area contributed by atoms with Crippen molar-refractivity contribution in [3.63, 3.8) is 0 Å². The molecular formula is C20H15ClF6N4O2S. The highest BCUT2D eigenvalue weighted by atomic mass is 35.5. The Morgan fingerprint density at radius 2 is 1.88 bits per heavy atom. The summed E-state index contributed by atoms with van der Waals surface area (Å²) >= 11 is 7.59. The summed E-state index contributed by atoms with van der Waals surface area (Å²) < 4.78 is 83.0. The number of hydrogen-bond donors (Lipinski definition) is 1. The molecule has 0 aliphatic carbocycles. The topological polar surface area (TPSA) is 59.4 Å². The fourth-order valence-corrected chi connectivity index (χ4v) is 4.60.